The van der Waals surface area contributed by atoms with Crippen molar-refractivity contribution in [2.75, 3.05) is 6.61 Å². The summed E-state index contributed by atoms with van der Waals surface area (Å²) in [5.41, 5.74) is -0.0254. The largest absolute Gasteiger partial charge is 0.394 e. The zero-order valence-electron chi connectivity index (χ0n) is 10.9. The summed E-state index contributed by atoms with van der Waals surface area (Å²) in [6.07, 6.45) is 0. The van der Waals surface area contributed by atoms with Crippen molar-refractivity contribution >= 4 is 32.6 Å². The maximum atomic E-state index is 12.1. The molecular weight excluding hydrogens is 306 g/mol. The Labute approximate surface area is 120 Å². The third-order valence-corrected chi connectivity index (χ3v) is 3.40. The minimum atomic E-state index is -0.619. The van der Waals surface area contributed by atoms with Crippen LogP contribution in [0.15, 0.2) is 40.9 Å². The molecule has 0 unspecified atom stereocenters. The van der Waals surface area contributed by atoms with Gasteiger partial charge in [-0.2, -0.15) is 0 Å². The smallest absolute Gasteiger partial charge is 0.251 e. The molecule has 0 fully saturated rings. The van der Waals surface area contributed by atoms with Gasteiger partial charge in [-0.15, -0.1) is 0 Å². The Morgan fingerprint density at radius 1 is 1.21 bits per heavy atom. The summed E-state index contributed by atoms with van der Waals surface area (Å²) in [7, 11) is 0. The molecule has 3 nitrogen and oxygen atoms in total. The Kier molecular flexibility index (Phi) is 3.92. The quantitative estimate of drug-likeness (QED) is 0.912. The second-order valence-electron chi connectivity index (χ2n) is 5.20. The monoisotopic (exact) mass is 321 g/mol. The molecule has 2 N–H and O–H groups in total. The van der Waals surface area contributed by atoms with Crippen molar-refractivity contribution in [1.82, 2.24) is 5.32 Å². The number of carbonyl (C=O) groups excluding carboxylic acids is 1. The fourth-order valence-corrected chi connectivity index (χ4v) is 2.16. The number of fused-ring (bicyclic) bond motifs is 1. The molecule has 0 bridgehead atoms. The van der Waals surface area contributed by atoms with E-state index in [-0.39, 0.29) is 12.5 Å². The van der Waals surface area contributed by atoms with E-state index in [0.717, 1.165) is 15.2 Å². The minimum absolute atomic E-state index is 0.0979. The van der Waals surface area contributed by atoms with Crippen molar-refractivity contribution in [3.8, 4) is 0 Å². The maximum Gasteiger partial charge on any atom is 0.251 e. The second-order valence-corrected chi connectivity index (χ2v) is 6.12. The molecule has 0 spiro atoms. The third kappa shape index (κ3) is 3.33. The van der Waals surface area contributed by atoms with Crippen LogP contribution in [0.3, 0.4) is 0 Å². The van der Waals surface area contributed by atoms with Crippen LogP contribution in [0.2, 0.25) is 0 Å². The molecule has 2 aromatic rings. The fraction of sp³-hybridized carbons (Fsp3) is 0.267. The molecule has 0 saturated heterocycles. The molecular formula is C15H16BrNO2. The number of carbonyl (C=O) groups is 1. The van der Waals surface area contributed by atoms with Crippen LogP contribution < -0.4 is 5.32 Å². The lowest BCUT2D eigenvalue weighted by Gasteiger charge is -2.23. The van der Waals surface area contributed by atoms with Crippen LogP contribution in [0.5, 0.6) is 0 Å². The molecule has 2 aromatic carbocycles. The summed E-state index contributed by atoms with van der Waals surface area (Å²) in [6, 6.07) is 11.5. The van der Waals surface area contributed by atoms with Crippen LogP contribution in [0.1, 0.15) is 24.2 Å². The molecule has 0 aliphatic rings. The zero-order valence-corrected chi connectivity index (χ0v) is 12.5. The molecule has 0 aromatic heterocycles. The van der Waals surface area contributed by atoms with Gasteiger partial charge >= 0.3 is 0 Å². The van der Waals surface area contributed by atoms with E-state index in [1.807, 2.05) is 30.3 Å². The molecule has 0 aliphatic heterocycles. The molecule has 0 aliphatic carbocycles. The first kappa shape index (κ1) is 14.0. The molecule has 0 radical (unpaired) electrons. The van der Waals surface area contributed by atoms with E-state index in [2.05, 4.69) is 21.2 Å². The Bertz CT molecular complexity index is 623. The van der Waals surface area contributed by atoms with Crippen molar-refractivity contribution in [3.05, 3.63) is 46.4 Å². The van der Waals surface area contributed by atoms with Crippen LogP contribution in [-0.4, -0.2) is 23.2 Å². The van der Waals surface area contributed by atoms with Crippen LogP contribution in [0.4, 0.5) is 0 Å². The lowest BCUT2D eigenvalue weighted by molar-refractivity contribution is 0.0869. The van der Waals surface area contributed by atoms with Crippen molar-refractivity contribution in [1.29, 1.82) is 0 Å². The highest BCUT2D eigenvalue weighted by Gasteiger charge is 2.19. The Morgan fingerprint density at radius 3 is 2.53 bits per heavy atom. The fourth-order valence-electron chi connectivity index (χ4n) is 1.78. The number of aliphatic hydroxyl groups is 1. The van der Waals surface area contributed by atoms with Gasteiger partial charge in [0.25, 0.3) is 5.91 Å². The van der Waals surface area contributed by atoms with Gasteiger partial charge in [-0.05, 0) is 48.9 Å². The first-order valence-corrected chi connectivity index (χ1v) is 6.83. The van der Waals surface area contributed by atoms with Gasteiger partial charge in [0.15, 0.2) is 0 Å². The third-order valence-electron chi connectivity index (χ3n) is 2.91. The summed E-state index contributed by atoms with van der Waals surface area (Å²) in [5, 5.41) is 14.1. The summed E-state index contributed by atoms with van der Waals surface area (Å²) < 4.78 is 1.01. The van der Waals surface area contributed by atoms with Crippen LogP contribution in [0, 0.1) is 0 Å². The average Bonchev–Trinajstić information content (AvgIpc) is 2.37. The SMILES string of the molecule is CC(C)(CO)NC(=O)c1ccc2cc(Br)ccc2c1. The Morgan fingerprint density at radius 2 is 1.84 bits per heavy atom. The number of amides is 1. The number of hydrogen-bond donors (Lipinski definition) is 2. The van der Waals surface area contributed by atoms with Crippen molar-refractivity contribution in [3.63, 3.8) is 0 Å². The van der Waals surface area contributed by atoms with E-state index in [9.17, 15) is 9.90 Å². The molecule has 19 heavy (non-hydrogen) atoms. The highest BCUT2D eigenvalue weighted by molar-refractivity contribution is 9.10. The van der Waals surface area contributed by atoms with Crippen LogP contribution in [0.25, 0.3) is 10.8 Å². The molecule has 4 heteroatoms. The average molecular weight is 322 g/mol. The number of nitrogens with one attached hydrogen (secondary N) is 1. The Hall–Kier alpha value is -1.39. The summed E-state index contributed by atoms with van der Waals surface area (Å²) in [5.74, 6) is -0.177. The van der Waals surface area contributed by atoms with E-state index >= 15 is 0 Å². The van der Waals surface area contributed by atoms with Crippen molar-refractivity contribution in [2.45, 2.75) is 19.4 Å². The number of aliphatic hydroxyl groups excluding tert-OH is 1. The minimum Gasteiger partial charge on any atom is -0.394 e. The van der Waals surface area contributed by atoms with Gasteiger partial charge in [0.05, 0.1) is 12.1 Å². The highest BCUT2D eigenvalue weighted by Crippen LogP contribution is 2.21. The lowest BCUT2D eigenvalue weighted by Crippen LogP contribution is -2.46. The molecule has 0 atom stereocenters. The Balaban J connectivity index is 2.31. The van der Waals surface area contributed by atoms with Crippen LogP contribution in [-0.2, 0) is 0 Å². The standard InChI is InChI=1S/C15H16BrNO2/c1-15(2,9-18)17-14(19)12-4-3-11-8-13(16)6-5-10(11)7-12/h3-8,18H,9H2,1-2H3,(H,17,19). The summed E-state index contributed by atoms with van der Waals surface area (Å²) in [6.45, 7) is 3.46. The van der Waals surface area contributed by atoms with Gasteiger partial charge in [-0.1, -0.05) is 28.1 Å². The number of benzene rings is 2. The number of rotatable bonds is 3. The predicted molar refractivity (Wildman–Crippen MR) is 80.3 cm³/mol. The molecule has 2 rings (SSSR count). The van der Waals surface area contributed by atoms with Gasteiger partial charge in [0, 0.05) is 10.0 Å². The van der Waals surface area contributed by atoms with E-state index < -0.39 is 5.54 Å². The normalized spacial score (nSPS) is 11.6. The highest BCUT2D eigenvalue weighted by atomic mass is 79.9. The van der Waals surface area contributed by atoms with E-state index in [1.165, 1.54) is 0 Å². The van der Waals surface area contributed by atoms with Gasteiger partial charge in [-0.3, -0.25) is 4.79 Å². The van der Waals surface area contributed by atoms with Gasteiger partial charge in [-0.25, -0.2) is 0 Å². The summed E-state index contributed by atoms with van der Waals surface area (Å²) in [4.78, 5) is 12.1. The van der Waals surface area contributed by atoms with Crippen molar-refractivity contribution < 1.29 is 9.90 Å². The van der Waals surface area contributed by atoms with Gasteiger partial charge in [0.1, 0.15) is 0 Å². The number of halogens is 1. The molecule has 0 saturated carbocycles. The van der Waals surface area contributed by atoms with E-state index in [4.69, 9.17) is 0 Å². The van der Waals surface area contributed by atoms with E-state index in [0.29, 0.717) is 5.56 Å². The molecule has 100 valence electrons. The van der Waals surface area contributed by atoms with Crippen molar-refractivity contribution in [2.24, 2.45) is 0 Å². The predicted octanol–water partition coefficient (Wildman–Crippen LogP) is 3.10. The first-order valence-electron chi connectivity index (χ1n) is 6.04. The number of hydrogen-bond acceptors (Lipinski definition) is 2. The zero-order chi connectivity index (χ0) is 14.0. The molecule has 0 heterocycles. The topological polar surface area (TPSA) is 49.3 Å². The summed E-state index contributed by atoms with van der Waals surface area (Å²) >= 11 is 3.42. The maximum absolute atomic E-state index is 12.1. The first-order chi connectivity index (χ1) is 8.91. The van der Waals surface area contributed by atoms with E-state index in [1.54, 1.807) is 19.9 Å². The van der Waals surface area contributed by atoms with Crippen LogP contribution >= 0.6 is 15.9 Å². The lowest BCUT2D eigenvalue weighted by atomic mass is 10.0. The van der Waals surface area contributed by atoms with Gasteiger partial charge < -0.3 is 10.4 Å². The second kappa shape index (κ2) is 5.31. The molecule has 1 amide bonds. The van der Waals surface area contributed by atoms with Gasteiger partial charge in [0.2, 0.25) is 0 Å².